The van der Waals surface area contributed by atoms with Crippen molar-refractivity contribution in [3.8, 4) is 0 Å². The van der Waals surface area contributed by atoms with Gasteiger partial charge >= 0.3 is 0 Å². The average molecular weight is 320 g/mol. The third-order valence-electron chi connectivity index (χ3n) is 8.89. The lowest BCUT2D eigenvalue weighted by Gasteiger charge is -2.63. The van der Waals surface area contributed by atoms with Crippen LogP contribution in [-0.4, -0.2) is 28.2 Å². The average Bonchev–Trinajstić information content (AvgIpc) is 2.70. The zero-order valence-corrected chi connectivity index (χ0v) is 14.9. The fraction of sp³-hybridized carbons (Fsp3) is 0.950. The summed E-state index contributed by atoms with van der Waals surface area (Å²) in [5, 5.41) is 20.7. The van der Waals surface area contributed by atoms with Crippen LogP contribution in [0.2, 0.25) is 0 Å². The van der Waals surface area contributed by atoms with Gasteiger partial charge in [-0.15, -0.1) is 0 Å². The Morgan fingerprint density at radius 1 is 1.09 bits per heavy atom. The number of fused-ring (bicyclic) bond motifs is 3. The SMILES string of the molecule is CC1(C)C(=O)CC[C@]2(C)C1CC[C@@]13CC(CCC12)[C@](O)(CO)C3. The van der Waals surface area contributed by atoms with Gasteiger partial charge in [-0.25, -0.2) is 0 Å². The number of aliphatic hydroxyl groups is 2. The molecule has 4 saturated carbocycles. The van der Waals surface area contributed by atoms with Crippen molar-refractivity contribution >= 4 is 5.78 Å². The first kappa shape index (κ1) is 16.1. The molecule has 4 fully saturated rings. The van der Waals surface area contributed by atoms with Gasteiger partial charge in [0.2, 0.25) is 0 Å². The normalized spacial score (nSPS) is 54.5. The van der Waals surface area contributed by atoms with Crippen molar-refractivity contribution < 1.29 is 15.0 Å². The highest BCUT2D eigenvalue weighted by Crippen LogP contribution is 2.72. The standard InChI is InChI=1S/C20H32O3/c1-17(2)14-6-9-19-10-13(20(23,11-19)12-21)4-5-15(19)18(14,3)8-7-16(17)22/h13-15,21,23H,4-12H2,1-3H3/t13?,14?,15?,18-,19+,20-/m1/s1. The first-order valence-corrected chi connectivity index (χ1v) is 9.55. The molecule has 0 saturated heterocycles. The molecule has 130 valence electrons. The monoisotopic (exact) mass is 320 g/mol. The van der Waals surface area contributed by atoms with Gasteiger partial charge in [0, 0.05) is 11.8 Å². The molecular weight excluding hydrogens is 288 g/mol. The number of carbonyl (C=O) groups excluding carboxylic acids is 1. The van der Waals surface area contributed by atoms with Crippen molar-refractivity contribution in [3.05, 3.63) is 0 Å². The van der Waals surface area contributed by atoms with Gasteiger partial charge in [-0.3, -0.25) is 4.79 Å². The summed E-state index contributed by atoms with van der Waals surface area (Å²) in [6, 6.07) is 0. The summed E-state index contributed by atoms with van der Waals surface area (Å²) in [6.45, 7) is 6.68. The van der Waals surface area contributed by atoms with E-state index in [-0.39, 0.29) is 28.8 Å². The molecular formula is C20H32O3. The molecule has 0 aromatic carbocycles. The summed E-state index contributed by atoms with van der Waals surface area (Å²) in [4.78, 5) is 12.5. The minimum Gasteiger partial charge on any atom is -0.393 e. The molecule has 3 nitrogen and oxygen atoms in total. The van der Waals surface area contributed by atoms with Gasteiger partial charge in [0.05, 0.1) is 12.2 Å². The maximum Gasteiger partial charge on any atom is 0.138 e. The lowest BCUT2D eigenvalue weighted by Crippen LogP contribution is -2.58. The molecule has 6 atom stereocenters. The maximum absolute atomic E-state index is 12.5. The van der Waals surface area contributed by atoms with E-state index in [1.54, 1.807) is 0 Å². The Bertz CT molecular complexity index is 541. The molecule has 4 aliphatic carbocycles. The number of ketones is 1. The van der Waals surface area contributed by atoms with E-state index in [0.29, 0.717) is 17.6 Å². The predicted molar refractivity (Wildman–Crippen MR) is 88.8 cm³/mol. The minimum atomic E-state index is -0.849. The second-order valence-corrected chi connectivity index (χ2v) is 10.1. The van der Waals surface area contributed by atoms with Crippen LogP contribution >= 0.6 is 0 Å². The maximum atomic E-state index is 12.5. The Kier molecular flexibility index (Phi) is 3.22. The summed E-state index contributed by atoms with van der Waals surface area (Å²) in [5.41, 5.74) is -0.612. The van der Waals surface area contributed by atoms with E-state index < -0.39 is 5.60 Å². The van der Waals surface area contributed by atoms with E-state index in [1.165, 1.54) is 6.42 Å². The lowest BCUT2D eigenvalue weighted by molar-refractivity contribution is -0.165. The van der Waals surface area contributed by atoms with Gasteiger partial charge in [-0.1, -0.05) is 20.8 Å². The number of aliphatic hydroxyl groups excluding tert-OH is 1. The highest BCUT2D eigenvalue weighted by Gasteiger charge is 2.67. The third kappa shape index (κ3) is 1.87. The van der Waals surface area contributed by atoms with Crippen molar-refractivity contribution in [1.29, 1.82) is 0 Å². The van der Waals surface area contributed by atoms with Crippen LogP contribution in [-0.2, 0) is 4.79 Å². The van der Waals surface area contributed by atoms with Crippen LogP contribution in [0.4, 0.5) is 0 Å². The van der Waals surface area contributed by atoms with Crippen molar-refractivity contribution in [1.82, 2.24) is 0 Å². The number of rotatable bonds is 1. The molecule has 4 aliphatic rings. The van der Waals surface area contributed by atoms with Crippen LogP contribution in [0, 0.1) is 34.0 Å². The van der Waals surface area contributed by atoms with Gasteiger partial charge < -0.3 is 10.2 Å². The van der Waals surface area contributed by atoms with Crippen molar-refractivity contribution in [2.75, 3.05) is 6.61 Å². The first-order valence-electron chi connectivity index (χ1n) is 9.55. The van der Waals surface area contributed by atoms with E-state index in [0.717, 1.165) is 44.9 Å². The molecule has 2 N–H and O–H groups in total. The van der Waals surface area contributed by atoms with Crippen LogP contribution in [0.25, 0.3) is 0 Å². The Hall–Kier alpha value is -0.410. The molecule has 0 amide bonds. The predicted octanol–water partition coefficient (Wildman–Crippen LogP) is 3.32. The van der Waals surface area contributed by atoms with Crippen LogP contribution in [0.1, 0.15) is 72.1 Å². The topological polar surface area (TPSA) is 57.5 Å². The zero-order valence-electron chi connectivity index (χ0n) is 14.9. The fourth-order valence-corrected chi connectivity index (χ4v) is 7.83. The smallest absolute Gasteiger partial charge is 0.138 e. The molecule has 1 spiro atoms. The van der Waals surface area contributed by atoms with E-state index in [4.69, 9.17) is 0 Å². The van der Waals surface area contributed by atoms with Crippen LogP contribution in [0.3, 0.4) is 0 Å². The molecule has 4 rings (SSSR count). The van der Waals surface area contributed by atoms with Gasteiger partial charge in [0.15, 0.2) is 0 Å². The molecule has 0 aromatic heterocycles. The second kappa shape index (κ2) is 4.60. The van der Waals surface area contributed by atoms with E-state index in [9.17, 15) is 15.0 Å². The molecule has 0 heterocycles. The minimum absolute atomic E-state index is 0.0870. The summed E-state index contributed by atoms with van der Waals surface area (Å²) < 4.78 is 0. The Labute approximate surface area is 139 Å². The Balaban J connectivity index is 1.73. The number of hydrogen-bond donors (Lipinski definition) is 2. The van der Waals surface area contributed by atoms with Crippen LogP contribution in [0.5, 0.6) is 0 Å². The summed E-state index contributed by atoms with van der Waals surface area (Å²) in [6.07, 6.45) is 8.07. The molecule has 3 unspecified atom stereocenters. The van der Waals surface area contributed by atoms with E-state index in [1.807, 2.05) is 0 Å². The van der Waals surface area contributed by atoms with Gasteiger partial charge in [-0.2, -0.15) is 0 Å². The van der Waals surface area contributed by atoms with Crippen LogP contribution in [0.15, 0.2) is 0 Å². The van der Waals surface area contributed by atoms with E-state index in [2.05, 4.69) is 20.8 Å². The number of carbonyl (C=O) groups is 1. The Morgan fingerprint density at radius 2 is 1.83 bits per heavy atom. The van der Waals surface area contributed by atoms with Gasteiger partial charge in [0.1, 0.15) is 5.78 Å². The van der Waals surface area contributed by atoms with Crippen LogP contribution < -0.4 is 0 Å². The fourth-order valence-electron chi connectivity index (χ4n) is 7.83. The summed E-state index contributed by atoms with van der Waals surface area (Å²) in [7, 11) is 0. The van der Waals surface area contributed by atoms with Crippen molar-refractivity contribution in [2.24, 2.45) is 34.0 Å². The van der Waals surface area contributed by atoms with Crippen molar-refractivity contribution in [2.45, 2.75) is 77.7 Å². The quantitative estimate of drug-likeness (QED) is 0.779. The molecule has 0 radical (unpaired) electrons. The molecule has 23 heavy (non-hydrogen) atoms. The number of hydrogen-bond acceptors (Lipinski definition) is 3. The largest absolute Gasteiger partial charge is 0.393 e. The third-order valence-corrected chi connectivity index (χ3v) is 8.89. The zero-order chi connectivity index (χ0) is 16.7. The number of Topliss-reactive ketones (excluding diaryl/α,β-unsaturated/α-hetero) is 1. The molecule has 3 heteroatoms. The van der Waals surface area contributed by atoms with Gasteiger partial charge in [0.25, 0.3) is 0 Å². The highest BCUT2D eigenvalue weighted by atomic mass is 16.3. The summed E-state index contributed by atoms with van der Waals surface area (Å²) >= 11 is 0. The molecule has 0 aromatic rings. The highest BCUT2D eigenvalue weighted by molar-refractivity contribution is 5.85. The first-order chi connectivity index (χ1) is 10.7. The second-order valence-electron chi connectivity index (χ2n) is 10.1. The summed E-state index contributed by atoms with van der Waals surface area (Å²) in [5.74, 6) is 1.81. The van der Waals surface area contributed by atoms with Crippen molar-refractivity contribution in [3.63, 3.8) is 0 Å². The van der Waals surface area contributed by atoms with Gasteiger partial charge in [-0.05, 0) is 73.5 Å². The van der Waals surface area contributed by atoms with E-state index >= 15 is 0 Å². The Morgan fingerprint density at radius 3 is 2.52 bits per heavy atom. The molecule has 2 bridgehead atoms. The lowest BCUT2D eigenvalue weighted by atomic mass is 9.41. The molecule has 0 aliphatic heterocycles.